The number of hydrogen-bond donors (Lipinski definition) is 3. The Labute approximate surface area is 145 Å². The molecule has 3 N–H and O–H groups in total. The van der Waals surface area contributed by atoms with Crippen LogP contribution in [0.2, 0.25) is 0 Å². The number of aromatic nitrogens is 1. The van der Waals surface area contributed by atoms with Gasteiger partial charge in [-0.2, -0.15) is 0 Å². The minimum absolute atomic E-state index is 0.188. The van der Waals surface area contributed by atoms with Crippen LogP contribution in [0.5, 0.6) is 0 Å². The van der Waals surface area contributed by atoms with Crippen molar-refractivity contribution in [3.05, 3.63) is 53.9 Å². The summed E-state index contributed by atoms with van der Waals surface area (Å²) >= 11 is 0. The maximum absolute atomic E-state index is 12.4. The molecular weight excluding hydrogens is 320 g/mol. The number of carbonyl (C=O) groups is 3. The first-order valence-corrected chi connectivity index (χ1v) is 7.93. The molecule has 0 unspecified atom stereocenters. The van der Waals surface area contributed by atoms with Crippen LogP contribution in [0.3, 0.4) is 0 Å². The second kappa shape index (κ2) is 8.58. The average Bonchev–Trinajstić information content (AvgIpc) is 2.59. The number of hydrogen-bond acceptors (Lipinski definition) is 4. The van der Waals surface area contributed by atoms with Crippen molar-refractivity contribution in [2.45, 2.75) is 20.3 Å². The Morgan fingerprint density at radius 2 is 1.72 bits per heavy atom. The molecule has 0 aliphatic carbocycles. The summed E-state index contributed by atoms with van der Waals surface area (Å²) in [6, 6.07) is 9.77. The van der Waals surface area contributed by atoms with E-state index in [-0.39, 0.29) is 23.4 Å². The monoisotopic (exact) mass is 340 g/mol. The van der Waals surface area contributed by atoms with Crippen molar-refractivity contribution < 1.29 is 14.4 Å². The second-order valence-corrected chi connectivity index (χ2v) is 5.40. The molecule has 3 amide bonds. The lowest BCUT2D eigenvalue weighted by molar-refractivity contribution is -0.114. The van der Waals surface area contributed by atoms with Crippen LogP contribution in [0.25, 0.3) is 0 Å². The molecule has 25 heavy (non-hydrogen) atoms. The Balaban J connectivity index is 2.10. The Kier molecular flexibility index (Phi) is 6.22. The van der Waals surface area contributed by atoms with Gasteiger partial charge >= 0.3 is 0 Å². The quantitative estimate of drug-likeness (QED) is 0.752. The fourth-order valence-electron chi connectivity index (χ4n) is 2.11. The molecule has 0 bridgehead atoms. The molecule has 1 heterocycles. The van der Waals surface area contributed by atoms with E-state index in [4.69, 9.17) is 0 Å². The summed E-state index contributed by atoms with van der Waals surface area (Å²) in [7, 11) is 0. The molecule has 2 rings (SSSR count). The van der Waals surface area contributed by atoms with E-state index < -0.39 is 0 Å². The molecule has 0 saturated carbocycles. The van der Waals surface area contributed by atoms with Gasteiger partial charge in [-0.1, -0.05) is 13.0 Å². The first-order valence-electron chi connectivity index (χ1n) is 7.93. The van der Waals surface area contributed by atoms with Crippen LogP contribution in [0, 0.1) is 0 Å². The molecule has 0 aliphatic rings. The van der Waals surface area contributed by atoms with Crippen LogP contribution in [0.4, 0.5) is 11.4 Å². The Hall–Kier alpha value is -3.22. The van der Waals surface area contributed by atoms with E-state index in [2.05, 4.69) is 20.9 Å². The summed E-state index contributed by atoms with van der Waals surface area (Å²) in [5.74, 6) is -0.878. The number of rotatable bonds is 6. The highest BCUT2D eigenvalue weighted by atomic mass is 16.2. The van der Waals surface area contributed by atoms with Crippen LogP contribution in [0.15, 0.2) is 42.6 Å². The molecule has 130 valence electrons. The second-order valence-electron chi connectivity index (χ2n) is 5.40. The molecule has 0 atom stereocenters. The summed E-state index contributed by atoms with van der Waals surface area (Å²) in [6.45, 7) is 3.91. The molecular formula is C18H20N4O3. The predicted octanol–water partition coefficient (Wildman–Crippen LogP) is 2.43. The van der Waals surface area contributed by atoms with E-state index in [0.29, 0.717) is 23.5 Å². The van der Waals surface area contributed by atoms with Gasteiger partial charge in [-0.05, 0) is 36.8 Å². The summed E-state index contributed by atoms with van der Waals surface area (Å²) in [6.07, 6.45) is 2.24. The third-order valence-corrected chi connectivity index (χ3v) is 3.23. The van der Waals surface area contributed by atoms with Crippen LogP contribution >= 0.6 is 0 Å². The minimum Gasteiger partial charge on any atom is -0.351 e. The van der Waals surface area contributed by atoms with Crippen LogP contribution in [-0.2, 0) is 4.79 Å². The minimum atomic E-state index is -0.369. The molecule has 1 aromatic carbocycles. The highest BCUT2D eigenvalue weighted by molar-refractivity contribution is 6.06. The van der Waals surface area contributed by atoms with E-state index in [1.165, 1.54) is 25.3 Å². The molecule has 0 radical (unpaired) electrons. The first kappa shape index (κ1) is 18.1. The standard InChI is InChI=1S/C18H20N4O3/c1-3-8-20-18(25)16-10-13(7-9-19-16)17(24)22-15-6-4-5-14(11-15)21-12(2)23/h4-7,9-11H,3,8H2,1-2H3,(H,20,25)(H,21,23)(H,22,24). The lowest BCUT2D eigenvalue weighted by Gasteiger charge is -2.09. The number of benzene rings is 1. The smallest absolute Gasteiger partial charge is 0.269 e. The molecule has 1 aromatic heterocycles. The zero-order valence-corrected chi connectivity index (χ0v) is 14.1. The Bertz CT molecular complexity index is 789. The van der Waals surface area contributed by atoms with Crippen molar-refractivity contribution in [2.24, 2.45) is 0 Å². The summed E-state index contributed by atoms with van der Waals surface area (Å²) in [5, 5.41) is 8.10. The lowest BCUT2D eigenvalue weighted by atomic mass is 10.2. The van der Waals surface area contributed by atoms with E-state index in [1.807, 2.05) is 6.92 Å². The summed E-state index contributed by atoms with van der Waals surface area (Å²) in [4.78, 5) is 39.4. The van der Waals surface area contributed by atoms with Gasteiger partial charge in [-0.3, -0.25) is 19.4 Å². The van der Waals surface area contributed by atoms with Crippen molar-refractivity contribution in [1.29, 1.82) is 0 Å². The highest BCUT2D eigenvalue weighted by Gasteiger charge is 2.12. The van der Waals surface area contributed by atoms with Crippen LogP contribution < -0.4 is 16.0 Å². The zero-order valence-electron chi connectivity index (χ0n) is 14.1. The normalized spacial score (nSPS) is 10.0. The predicted molar refractivity (Wildman–Crippen MR) is 95.6 cm³/mol. The molecule has 0 saturated heterocycles. The fourth-order valence-corrected chi connectivity index (χ4v) is 2.11. The maximum Gasteiger partial charge on any atom is 0.269 e. The Morgan fingerprint density at radius 3 is 2.40 bits per heavy atom. The molecule has 7 nitrogen and oxygen atoms in total. The van der Waals surface area contributed by atoms with Gasteiger partial charge in [0.25, 0.3) is 11.8 Å². The average molecular weight is 340 g/mol. The largest absolute Gasteiger partial charge is 0.351 e. The van der Waals surface area contributed by atoms with Crippen molar-refractivity contribution in [2.75, 3.05) is 17.2 Å². The number of amides is 3. The van der Waals surface area contributed by atoms with Crippen LogP contribution in [0.1, 0.15) is 41.1 Å². The Morgan fingerprint density at radius 1 is 1.00 bits per heavy atom. The molecule has 7 heteroatoms. The topological polar surface area (TPSA) is 100 Å². The number of carbonyl (C=O) groups excluding carboxylic acids is 3. The highest BCUT2D eigenvalue weighted by Crippen LogP contribution is 2.16. The van der Waals surface area contributed by atoms with Gasteiger partial charge in [0.2, 0.25) is 5.91 Å². The van der Waals surface area contributed by atoms with Gasteiger partial charge < -0.3 is 16.0 Å². The van der Waals surface area contributed by atoms with E-state index >= 15 is 0 Å². The molecule has 0 aliphatic heterocycles. The van der Waals surface area contributed by atoms with Gasteiger partial charge in [-0.25, -0.2) is 0 Å². The van der Waals surface area contributed by atoms with Gasteiger partial charge in [0.05, 0.1) is 0 Å². The van der Waals surface area contributed by atoms with Crippen molar-refractivity contribution in [3.63, 3.8) is 0 Å². The lowest BCUT2D eigenvalue weighted by Crippen LogP contribution is -2.25. The number of nitrogens with zero attached hydrogens (tertiary/aromatic N) is 1. The van der Waals surface area contributed by atoms with Crippen LogP contribution in [-0.4, -0.2) is 29.3 Å². The van der Waals surface area contributed by atoms with Gasteiger partial charge in [0, 0.05) is 36.6 Å². The van der Waals surface area contributed by atoms with Gasteiger partial charge in [0.15, 0.2) is 0 Å². The number of nitrogens with one attached hydrogen (secondary N) is 3. The molecule has 2 aromatic rings. The molecule has 0 fully saturated rings. The zero-order chi connectivity index (χ0) is 18.2. The van der Waals surface area contributed by atoms with E-state index in [0.717, 1.165) is 6.42 Å². The summed E-state index contributed by atoms with van der Waals surface area (Å²) < 4.78 is 0. The van der Waals surface area contributed by atoms with Crippen molar-refractivity contribution in [1.82, 2.24) is 10.3 Å². The van der Waals surface area contributed by atoms with Crippen molar-refractivity contribution in [3.8, 4) is 0 Å². The number of anilines is 2. The fraction of sp³-hybridized carbons (Fsp3) is 0.222. The van der Waals surface area contributed by atoms with Gasteiger partial charge in [-0.15, -0.1) is 0 Å². The first-order chi connectivity index (χ1) is 12.0. The molecule has 0 spiro atoms. The van der Waals surface area contributed by atoms with E-state index in [9.17, 15) is 14.4 Å². The third kappa shape index (κ3) is 5.42. The van der Waals surface area contributed by atoms with Crippen molar-refractivity contribution >= 4 is 29.1 Å². The number of pyridine rings is 1. The maximum atomic E-state index is 12.4. The SMILES string of the molecule is CCCNC(=O)c1cc(C(=O)Nc2cccc(NC(C)=O)c2)ccn1. The summed E-state index contributed by atoms with van der Waals surface area (Å²) in [5.41, 5.74) is 1.62. The van der Waals surface area contributed by atoms with E-state index in [1.54, 1.807) is 24.3 Å². The third-order valence-electron chi connectivity index (χ3n) is 3.23. The van der Waals surface area contributed by atoms with Gasteiger partial charge in [0.1, 0.15) is 5.69 Å².